The predicted molar refractivity (Wildman–Crippen MR) is 55.6 cm³/mol. The Hall–Kier alpha value is -1.10. The van der Waals surface area contributed by atoms with Crippen LogP contribution in [0.1, 0.15) is 27.2 Å². The van der Waals surface area contributed by atoms with Crippen LogP contribution < -0.4 is 0 Å². The summed E-state index contributed by atoms with van der Waals surface area (Å²) < 4.78 is 5.11. The largest absolute Gasteiger partial charge is 0.444 e. The van der Waals surface area contributed by atoms with Gasteiger partial charge < -0.3 is 19.5 Å². The zero-order valence-corrected chi connectivity index (χ0v) is 9.52. The average molecular weight is 217 g/mol. The maximum Gasteiger partial charge on any atom is 0.410 e. The summed E-state index contributed by atoms with van der Waals surface area (Å²) in [6, 6.07) is 0. The van der Waals surface area contributed by atoms with E-state index >= 15 is 0 Å². The van der Waals surface area contributed by atoms with Gasteiger partial charge in [0.25, 0.3) is 0 Å². The molecule has 0 aliphatic carbocycles. The van der Waals surface area contributed by atoms with E-state index in [0.717, 1.165) is 6.29 Å². The van der Waals surface area contributed by atoms with Crippen LogP contribution in [0.3, 0.4) is 0 Å². The monoisotopic (exact) mass is 217 g/mol. The van der Waals surface area contributed by atoms with E-state index in [-0.39, 0.29) is 26.1 Å². The van der Waals surface area contributed by atoms with Crippen molar-refractivity contribution in [1.82, 2.24) is 4.90 Å². The molecule has 5 heteroatoms. The lowest BCUT2D eigenvalue weighted by molar-refractivity contribution is -0.108. The van der Waals surface area contributed by atoms with Crippen LogP contribution in [0.5, 0.6) is 0 Å². The number of aldehydes is 1. The summed E-state index contributed by atoms with van der Waals surface area (Å²) in [5.41, 5.74) is -0.564. The van der Waals surface area contributed by atoms with Gasteiger partial charge in [0.2, 0.25) is 0 Å². The highest BCUT2D eigenvalue weighted by Gasteiger charge is 2.21. The fraction of sp³-hybridized carbons (Fsp3) is 0.800. The van der Waals surface area contributed by atoms with Crippen LogP contribution >= 0.6 is 0 Å². The van der Waals surface area contributed by atoms with Gasteiger partial charge in [-0.15, -0.1) is 0 Å². The minimum atomic E-state index is -0.564. The van der Waals surface area contributed by atoms with Gasteiger partial charge >= 0.3 is 6.09 Å². The van der Waals surface area contributed by atoms with Crippen LogP contribution in [0.4, 0.5) is 4.79 Å². The number of nitrogens with zero attached hydrogens (tertiary/aromatic N) is 1. The van der Waals surface area contributed by atoms with Crippen molar-refractivity contribution in [1.29, 1.82) is 0 Å². The zero-order chi connectivity index (χ0) is 11.9. The van der Waals surface area contributed by atoms with E-state index in [2.05, 4.69) is 0 Å². The van der Waals surface area contributed by atoms with Crippen LogP contribution in [0.25, 0.3) is 0 Å². The molecule has 0 atom stereocenters. The second kappa shape index (κ2) is 6.40. The lowest BCUT2D eigenvalue weighted by Gasteiger charge is -2.26. The summed E-state index contributed by atoms with van der Waals surface area (Å²) in [4.78, 5) is 23.0. The molecule has 0 fully saturated rings. The second-order valence-electron chi connectivity index (χ2n) is 4.15. The molecule has 1 N–H and O–H groups in total. The number of hydrogen-bond acceptors (Lipinski definition) is 4. The number of hydrogen-bond donors (Lipinski definition) is 1. The maximum absolute atomic E-state index is 11.5. The van der Waals surface area contributed by atoms with Crippen LogP contribution in [0.15, 0.2) is 0 Å². The Balaban J connectivity index is 4.21. The Morgan fingerprint density at radius 1 is 1.40 bits per heavy atom. The van der Waals surface area contributed by atoms with Crippen molar-refractivity contribution in [3.8, 4) is 0 Å². The Morgan fingerprint density at radius 2 is 2.00 bits per heavy atom. The third kappa shape index (κ3) is 6.90. The molecule has 0 unspecified atom stereocenters. The minimum Gasteiger partial charge on any atom is -0.444 e. The van der Waals surface area contributed by atoms with Gasteiger partial charge in [0.15, 0.2) is 0 Å². The quantitative estimate of drug-likeness (QED) is 0.692. The Kier molecular flexibility index (Phi) is 5.93. The van der Waals surface area contributed by atoms with Gasteiger partial charge in [-0.05, 0) is 20.8 Å². The Morgan fingerprint density at radius 3 is 2.40 bits per heavy atom. The summed E-state index contributed by atoms with van der Waals surface area (Å²) in [6.45, 7) is 5.62. The smallest absolute Gasteiger partial charge is 0.410 e. The molecule has 1 amide bonds. The minimum absolute atomic E-state index is 0.141. The highest BCUT2D eigenvalue weighted by Crippen LogP contribution is 2.09. The molecule has 0 rings (SSSR count). The molecular formula is C10H19NO4. The van der Waals surface area contributed by atoms with E-state index in [1.807, 2.05) is 0 Å². The van der Waals surface area contributed by atoms with Crippen molar-refractivity contribution >= 4 is 12.4 Å². The normalized spacial score (nSPS) is 10.9. The van der Waals surface area contributed by atoms with E-state index in [1.165, 1.54) is 4.90 Å². The molecule has 0 saturated carbocycles. The van der Waals surface area contributed by atoms with Crippen molar-refractivity contribution in [2.75, 3.05) is 19.7 Å². The van der Waals surface area contributed by atoms with Crippen LogP contribution in [0.2, 0.25) is 0 Å². The molecule has 0 aromatic carbocycles. The molecule has 0 aliphatic heterocycles. The van der Waals surface area contributed by atoms with Crippen LogP contribution in [-0.2, 0) is 9.53 Å². The highest BCUT2D eigenvalue weighted by atomic mass is 16.6. The summed E-state index contributed by atoms with van der Waals surface area (Å²) in [5, 5.41) is 8.75. The van der Waals surface area contributed by atoms with Gasteiger partial charge in [-0.3, -0.25) is 0 Å². The van der Waals surface area contributed by atoms with Gasteiger partial charge in [0.1, 0.15) is 11.9 Å². The molecule has 0 heterocycles. The molecule has 0 radical (unpaired) electrons. The topological polar surface area (TPSA) is 66.8 Å². The van der Waals surface area contributed by atoms with E-state index in [9.17, 15) is 9.59 Å². The third-order valence-corrected chi connectivity index (χ3v) is 1.54. The fourth-order valence-electron chi connectivity index (χ4n) is 0.950. The van der Waals surface area contributed by atoms with Gasteiger partial charge in [0, 0.05) is 19.5 Å². The lowest BCUT2D eigenvalue weighted by atomic mass is 10.2. The van der Waals surface area contributed by atoms with Crippen molar-refractivity contribution in [2.45, 2.75) is 32.8 Å². The number of carbonyl (C=O) groups is 2. The lowest BCUT2D eigenvalue weighted by Crippen LogP contribution is -2.39. The maximum atomic E-state index is 11.5. The summed E-state index contributed by atoms with van der Waals surface area (Å²) in [7, 11) is 0. The van der Waals surface area contributed by atoms with Gasteiger partial charge in [-0.2, -0.15) is 0 Å². The Bertz CT molecular complexity index is 210. The van der Waals surface area contributed by atoms with Gasteiger partial charge in [0.05, 0.1) is 6.61 Å². The molecule has 5 nitrogen and oxygen atoms in total. The number of amides is 1. The van der Waals surface area contributed by atoms with Gasteiger partial charge in [-0.25, -0.2) is 4.79 Å². The predicted octanol–water partition coefficient (Wildman–Crippen LogP) is 0.805. The molecule has 0 saturated heterocycles. The standard InChI is InChI=1S/C10H19NO4/c1-10(2,3)15-9(14)11(6-8-13)5-4-7-12/h7,13H,4-6,8H2,1-3H3. The molecule has 0 spiro atoms. The molecule has 15 heavy (non-hydrogen) atoms. The number of aliphatic hydroxyl groups is 1. The zero-order valence-electron chi connectivity index (χ0n) is 9.52. The number of aliphatic hydroxyl groups excluding tert-OH is 1. The first-order valence-corrected chi connectivity index (χ1v) is 4.93. The number of ether oxygens (including phenoxy) is 1. The van der Waals surface area contributed by atoms with Crippen molar-refractivity contribution in [2.24, 2.45) is 0 Å². The van der Waals surface area contributed by atoms with Gasteiger partial charge in [-0.1, -0.05) is 0 Å². The number of rotatable bonds is 5. The van der Waals surface area contributed by atoms with E-state index in [4.69, 9.17) is 9.84 Å². The van der Waals surface area contributed by atoms with Crippen LogP contribution in [0, 0.1) is 0 Å². The SMILES string of the molecule is CC(C)(C)OC(=O)N(CCO)CCC=O. The first-order valence-electron chi connectivity index (χ1n) is 4.93. The summed E-state index contributed by atoms with van der Waals surface area (Å²) in [6.07, 6.45) is 0.479. The summed E-state index contributed by atoms with van der Waals surface area (Å²) >= 11 is 0. The van der Waals surface area contributed by atoms with E-state index < -0.39 is 11.7 Å². The third-order valence-electron chi connectivity index (χ3n) is 1.54. The molecule has 88 valence electrons. The molecular weight excluding hydrogens is 198 g/mol. The first-order chi connectivity index (χ1) is 6.90. The van der Waals surface area contributed by atoms with Crippen LogP contribution in [-0.4, -0.2) is 47.7 Å². The first kappa shape index (κ1) is 13.9. The summed E-state index contributed by atoms with van der Waals surface area (Å²) in [5.74, 6) is 0. The van der Waals surface area contributed by atoms with Crippen molar-refractivity contribution in [3.63, 3.8) is 0 Å². The fourth-order valence-corrected chi connectivity index (χ4v) is 0.950. The van der Waals surface area contributed by atoms with E-state index in [0.29, 0.717) is 0 Å². The average Bonchev–Trinajstić information content (AvgIpc) is 2.09. The molecule has 0 aromatic heterocycles. The molecule has 0 aromatic rings. The second-order valence-corrected chi connectivity index (χ2v) is 4.15. The van der Waals surface area contributed by atoms with E-state index in [1.54, 1.807) is 20.8 Å². The molecule has 0 aliphatic rings. The number of carbonyl (C=O) groups excluding carboxylic acids is 2. The Labute approximate surface area is 90.0 Å². The molecule has 0 bridgehead atoms. The van der Waals surface area contributed by atoms with Crippen molar-refractivity contribution < 1.29 is 19.4 Å². The highest BCUT2D eigenvalue weighted by molar-refractivity contribution is 5.68. The van der Waals surface area contributed by atoms with Crippen molar-refractivity contribution in [3.05, 3.63) is 0 Å².